The van der Waals surface area contributed by atoms with Gasteiger partial charge in [-0.05, 0) is 205 Å². The van der Waals surface area contributed by atoms with E-state index >= 15 is 0 Å². The Kier molecular flexibility index (Phi) is 35.5. The van der Waals surface area contributed by atoms with Gasteiger partial charge in [0.05, 0.1) is 166 Å². The second kappa shape index (κ2) is 49.0. The van der Waals surface area contributed by atoms with Crippen LogP contribution in [-0.4, -0.2) is 211 Å². The van der Waals surface area contributed by atoms with Crippen LogP contribution in [0.2, 0.25) is 0 Å². The molecular weight excluding hydrogens is 1820 g/mol. The van der Waals surface area contributed by atoms with E-state index in [2.05, 4.69) is 88.2 Å². The van der Waals surface area contributed by atoms with Crippen LogP contribution in [0, 0.1) is 29.1 Å². The summed E-state index contributed by atoms with van der Waals surface area (Å²) in [6.45, 7) is 1.41. The molecule has 10 aromatic carbocycles. The number of aromatic nitrogens is 10. The number of primary amides is 2. The van der Waals surface area contributed by atoms with E-state index in [1.54, 1.807) is 191 Å². The molecule has 0 atom stereocenters. The van der Waals surface area contributed by atoms with Gasteiger partial charge in [-0.15, -0.1) is 0 Å². The molecule has 1 aliphatic rings. The number of rotatable bonds is 30. The molecular formula is C102H99F5N20O14. The zero-order valence-electron chi connectivity index (χ0n) is 77.5. The van der Waals surface area contributed by atoms with E-state index in [0.717, 1.165) is 64.8 Å². The van der Waals surface area contributed by atoms with Crippen molar-refractivity contribution >= 4 is 168 Å². The lowest BCUT2D eigenvalue weighted by Crippen LogP contribution is -2.42. The summed E-state index contributed by atoms with van der Waals surface area (Å²) in [6, 6.07) is 47.2. The molecule has 726 valence electrons. The van der Waals surface area contributed by atoms with Crippen LogP contribution in [0.3, 0.4) is 0 Å². The van der Waals surface area contributed by atoms with Crippen LogP contribution in [0.5, 0.6) is 28.7 Å². The predicted molar refractivity (Wildman–Crippen MR) is 528 cm³/mol. The van der Waals surface area contributed by atoms with E-state index in [9.17, 15) is 65.1 Å². The molecule has 9 amide bonds. The summed E-state index contributed by atoms with van der Waals surface area (Å²) in [5.41, 5.74) is 22.3. The Morgan fingerprint density at radius 1 is 0.348 bits per heavy atom. The number of nitrogens with zero attached hydrogens (tertiary/aromatic N) is 6. The maximum atomic E-state index is 13.1. The molecule has 0 radical (unpaired) electrons. The van der Waals surface area contributed by atoms with Crippen LogP contribution in [0.25, 0.3) is 115 Å². The van der Waals surface area contributed by atoms with E-state index in [4.69, 9.17) is 35.2 Å². The summed E-state index contributed by atoms with van der Waals surface area (Å²) in [5.74, 6) is -3.17. The second-order valence-corrected chi connectivity index (χ2v) is 31.3. The smallest absolute Gasteiger partial charge is 0.255 e. The number of aromatic amines is 5. The number of amides is 9. The lowest BCUT2D eigenvalue weighted by atomic mass is 10.0. The molecule has 141 heavy (non-hydrogen) atoms. The highest BCUT2D eigenvalue weighted by Crippen LogP contribution is 2.38. The highest BCUT2D eigenvalue weighted by Gasteiger charge is 2.27. The topological polar surface area (TPSA) is 483 Å². The minimum Gasteiger partial charge on any atom is -0.495 e. The monoisotopic (exact) mass is 1920 g/mol. The standard InChI is InChI=1S/C22H23FN4O2.C21H21FN4O3.2C20H19FN4O3.C19H17FN4O3/c1-29-21-17(22(28)25-16-10-12-24-13-11-16)7-9-19-20(21)18(26-27-19)8-4-14-2-5-15(23)6-3-14;1-26(2)18(27)12-23-21(28)15-9-11-17-19(20(15)29-3)16(24-25-17)10-6-13-4-7-14(22)8-5-13;1-22-17(26)11-23-20(27)14-8-10-16-18(19(14)28-2)15(24-25-16)9-5-12-3-6-13(21)7-4-12;1-28-19-14(20(27)23-11-10-17(22)26)7-9-16-18(19)15(24-25-16)8-4-12-2-5-13(21)6-3-12;1-27-18-13(19(26)22-10-16(21)25)7-9-15-17(18)14(23-24-15)8-4-11-2-5-12(20)6-3-11/h2-9,16,24H,10-13H2,1H3,(H,25,28)(H,26,27);4-11H,12H2,1-3H3,(H,23,28)(H,24,25);3-10H,11H2,1-2H3,(H,22,26)(H,23,27)(H,24,25);2-9H,10-11H2,1H3,(H2,22,26)(H,23,27)(H,24,25);2-9H,10H2,1H3,(H2,21,25)(H,22,26)(H,23,24)/b8-4+;10-6+;9-5+;2*8-4+. The SMILES string of the molecule is CNC(=O)CNC(=O)c1ccc2n[nH]c(/C=C/c3ccc(F)cc3)c2c1OC.COc1c(C(=O)NC2CCNCC2)ccc2n[nH]c(/C=C/c3ccc(F)cc3)c12.COc1c(C(=O)NCC(=O)N(C)C)ccc2n[nH]c(/C=C/c3ccc(F)cc3)c12.COc1c(C(=O)NCC(N)=O)ccc2n[nH]c(/C=C/c3ccc(F)cc3)c12.COc1c(C(=O)NCCC(N)=O)ccc2n[nH]c(/C=C/c3ccc(F)cc3)c12. The number of methoxy groups -OCH3 is 5. The minimum absolute atomic E-state index is 0.0493. The second-order valence-electron chi connectivity index (χ2n) is 31.3. The number of halogens is 5. The highest BCUT2D eigenvalue weighted by molar-refractivity contribution is 6.11. The van der Waals surface area contributed by atoms with Crippen LogP contribution in [0.15, 0.2) is 182 Å². The fraction of sp³-hybridized carbons (Fsp3) is 0.176. The summed E-state index contributed by atoms with van der Waals surface area (Å²) < 4.78 is 92.8. The van der Waals surface area contributed by atoms with Crippen molar-refractivity contribution in [2.45, 2.75) is 25.3 Å². The molecule has 0 spiro atoms. The maximum absolute atomic E-state index is 13.1. The number of benzene rings is 10. The van der Waals surface area contributed by atoms with Crippen LogP contribution in [0.4, 0.5) is 22.0 Å². The fourth-order valence-electron chi connectivity index (χ4n) is 14.5. The van der Waals surface area contributed by atoms with Gasteiger partial charge in [0.25, 0.3) is 29.5 Å². The normalized spacial score (nSPS) is 11.9. The van der Waals surface area contributed by atoms with Crippen molar-refractivity contribution in [2.75, 3.05) is 96.0 Å². The number of hydrogen-bond acceptors (Lipinski definition) is 20. The average molecular weight is 1920 g/mol. The van der Waals surface area contributed by atoms with Gasteiger partial charge in [0.2, 0.25) is 23.6 Å². The highest BCUT2D eigenvalue weighted by atomic mass is 19.1. The Labute approximate surface area is 803 Å². The maximum Gasteiger partial charge on any atom is 0.255 e. The zero-order chi connectivity index (χ0) is 101. The molecule has 39 heteroatoms. The molecule has 15 aromatic rings. The molecule has 0 saturated carbocycles. The van der Waals surface area contributed by atoms with E-state index in [1.165, 1.54) is 101 Å². The first-order valence-electron chi connectivity index (χ1n) is 43.6. The summed E-state index contributed by atoms with van der Waals surface area (Å²) >= 11 is 0. The van der Waals surface area contributed by atoms with E-state index < -0.39 is 29.5 Å². The number of fused-ring (bicyclic) bond motifs is 5. The van der Waals surface area contributed by atoms with Gasteiger partial charge in [0.1, 0.15) is 57.8 Å². The first-order valence-corrected chi connectivity index (χ1v) is 43.6. The van der Waals surface area contributed by atoms with Gasteiger partial charge in [-0.2, -0.15) is 25.5 Å². The Bertz CT molecular complexity index is 7190. The van der Waals surface area contributed by atoms with Crippen LogP contribution >= 0.6 is 0 Å². The van der Waals surface area contributed by atoms with E-state index in [-0.39, 0.29) is 102 Å². The van der Waals surface area contributed by atoms with Crippen molar-refractivity contribution in [3.8, 4) is 28.7 Å². The molecule has 5 aromatic heterocycles. The fourth-order valence-corrected chi connectivity index (χ4v) is 14.5. The lowest BCUT2D eigenvalue weighted by Gasteiger charge is -2.24. The van der Waals surface area contributed by atoms with Gasteiger partial charge in [-0.3, -0.25) is 68.6 Å². The average Bonchev–Trinajstić information content (AvgIpc) is 1.68. The van der Waals surface area contributed by atoms with Crippen LogP contribution in [0.1, 0.15) is 127 Å². The van der Waals surface area contributed by atoms with E-state index in [0.29, 0.717) is 117 Å². The first kappa shape index (κ1) is 102. The van der Waals surface area contributed by atoms with Gasteiger partial charge in [-0.25, -0.2) is 22.0 Å². The number of carbonyl (C=O) groups excluding carboxylic acids is 9. The summed E-state index contributed by atoms with van der Waals surface area (Å²) in [4.78, 5) is 109. The third-order valence-corrected chi connectivity index (χ3v) is 21.7. The van der Waals surface area contributed by atoms with Crippen molar-refractivity contribution in [1.82, 2.24) is 93.1 Å². The zero-order valence-corrected chi connectivity index (χ0v) is 77.5. The number of likely N-dealkylation sites (N-methyl/N-ethyl adjacent to an activating group) is 2. The summed E-state index contributed by atoms with van der Waals surface area (Å²) in [7, 11) is 12.1. The van der Waals surface area contributed by atoms with Crippen molar-refractivity contribution in [2.24, 2.45) is 11.5 Å². The van der Waals surface area contributed by atoms with Gasteiger partial charge >= 0.3 is 0 Å². The summed E-state index contributed by atoms with van der Waals surface area (Å²) in [5, 5.41) is 58.2. The molecule has 34 nitrogen and oxygen atoms in total. The predicted octanol–water partition coefficient (Wildman–Crippen LogP) is 13.0. The van der Waals surface area contributed by atoms with Crippen molar-refractivity contribution < 1.29 is 88.8 Å². The lowest BCUT2D eigenvalue weighted by molar-refractivity contribution is -0.127. The van der Waals surface area contributed by atoms with Gasteiger partial charge in [0.15, 0.2) is 0 Å². The Hall–Kier alpha value is -17.9. The van der Waals surface area contributed by atoms with Gasteiger partial charge in [0, 0.05) is 40.2 Å². The first-order chi connectivity index (χ1) is 68.1. The molecule has 0 bridgehead atoms. The number of hydrogen-bond donors (Lipinski definition) is 14. The summed E-state index contributed by atoms with van der Waals surface area (Å²) in [6.07, 6.45) is 19.8. The van der Waals surface area contributed by atoms with Gasteiger partial charge in [-0.1, -0.05) is 91.0 Å². The number of nitrogens with two attached hydrogens (primary N) is 2. The molecule has 1 fully saturated rings. The number of H-pyrrole nitrogens is 5. The molecule has 1 saturated heterocycles. The number of ether oxygens (including phenoxy) is 5. The molecule has 0 unspecified atom stereocenters. The van der Waals surface area contributed by atoms with Crippen molar-refractivity contribution in [3.05, 3.63) is 295 Å². The Morgan fingerprint density at radius 3 is 0.851 bits per heavy atom. The Morgan fingerprint density at radius 2 is 0.603 bits per heavy atom. The number of nitrogens with one attached hydrogen (secondary N) is 12. The number of piperidine rings is 1. The van der Waals surface area contributed by atoms with Crippen LogP contribution in [-0.2, 0) is 19.2 Å². The molecule has 16 rings (SSSR count). The largest absolute Gasteiger partial charge is 0.495 e. The minimum atomic E-state index is -0.644. The van der Waals surface area contributed by atoms with E-state index in [1.807, 2.05) is 12.2 Å². The molecule has 16 N–H and O–H groups in total. The molecule has 1 aliphatic heterocycles. The van der Waals surface area contributed by atoms with Crippen LogP contribution < -0.4 is 72.4 Å². The quantitative estimate of drug-likeness (QED) is 0.0186. The van der Waals surface area contributed by atoms with Crippen molar-refractivity contribution in [3.63, 3.8) is 0 Å². The Balaban J connectivity index is 0.000000158. The third kappa shape index (κ3) is 26.8. The molecule has 6 heterocycles. The molecule has 0 aliphatic carbocycles. The van der Waals surface area contributed by atoms with Crippen molar-refractivity contribution in [1.29, 1.82) is 0 Å². The third-order valence-electron chi connectivity index (χ3n) is 21.7. The number of carbonyl (C=O) groups is 9. The van der Waals surface area contributed by atoms with Gasteiger partial charge < -0.3 is 77.3 Å².